The summed E-state index contributed by atoms with van der Waals surface area (Å²) >= 11 is 0. The van der Waals surface area contributed by atoms with Crippen LogP contribution in [0.3, 0.4) is 0 Å². The van der Waals surface area contributed by atoms with E-state index in [-0.39, 0.29) is 36.0 Å². The van der Waals surface area contributed by atoms with Gasteiger partial charge < -0.3 is 25.5 Å². The number of halogens is 1. The minimum atomic E-state index is 0. The summed E-state index contributed by atoms with van der Waals surface area (Å²) in [7, 11) is 1.79. The second-order valence-electron chi connectivity index (χ2n) is 7.15. The van der Waals surface area contributed by atoms with Gasteiger partial charge in [0.1, 0.15) is 0 Å². The number of H-pyrrole nitrogens is 1. The lowest BCUT2D eigenvalue weighted by atomic mass is 9.84. The highest BCUT2D eigenvalue weighted by molar-refractivity contribution is 14.0. The topological polar surface area (TPSA) is 81.7 Å². The first kappa shape index (κ1) is 22.0. The van der Waals surface area contributed by atoms with Crippen molar-refractivity contribution in [3.8, 4) is 0 Å². The largest absolute Gasteiger partial charge is 0.396 e. The first-order valence-corrected chi connectivity index (χ1v) is 9.37. The summed E-state index contributed by atoms with van der Waals surface area (Å²) in [4.78, 5) is 7.78. The highest BCUT2D eigenvalue weighted by Gasteiger charge is 2.34. The van der Waals surface area contributed by atoms with E-state index in [1.54, 1.807) is 7.05 Å². The van der Waals surface area contributed by atoms with Crippen molar-refractivity contribution < 1.29 is 9.84 Å². The van der Waals surface area contributed by atoms with Gasteiger partial charge in [0.2, 0.25) is 0 Å². The molecule has 0 amide bonds. The van der Waals surface area contributed by atoms with E-state index in [0.717, 1.165) is 44.9 Å². The van der Waals surface area contributed by atoms with Crippen molar-refractivity contribution >= 4 is 40.8 Å². The van der Waals surface area contributed by atoms with E-state index in [2.05, 4.69) is 51.8 Å². The Balaban J connectivity index is 0.00000261. The number of aliphatic imine (C=N–C) groups is 1. The number of aromatic amines is 1. The van der Waals surface area contributed by atoms with E-state index < -0.39 is 0 Å². The summed E-state index contributed by atoms with van der Waals surface area (Å²) in [6.07, 6.45) is 2.67. The quantitative estimate of drug-likeness (QED) is 0.276. The molecule has 150 valence electrons. The molecule has 0 spiro atoms. The second kappa shape index (κ2) is 10.3. The number of aryl methyl sites for hydroxylation is 1. The molecule has 0 aliphatic carbocycles. The van der Waals surface area contributed by atoms with Gasteiger partial charge in [-0.1, -0.05) is 18.2 Å². The zero-order valence-corrected chi connectivity index (χ0v) is 18.5. The number of aliphatic hydroxyl groups excluding tert-OH is 1. The van der Waals surface area contributed by atoms with Crippen LogP contribution in [0.15, 0.2) is 29.3 Å². The fraction of sp³-hybridized carbons (Fsp3) is 0.550. The molecular formula is C20H31IN4O2. The Kier molecular flexibility index (Phi) is 8.37. The average Bonchev–Trinajstić information content (AvgIpc) is 3.23. The van der Waals surface area contributed by atoms with Crippen molar-refractivity contribution in [1.82, 2.24) is 15.6 Å². The van der Waals surface area contributed by atoms with Gasteiger partial charge in [-0.15, -0.1) is 24.0 Å². The van der Waals surface area contributed by atoms with Gasteiger partial charge in [-0.05, 0) is 37.8 Å². The van der Waals surface area contributed by atoms with Crippen molar-refractivity contribution in [2.24, 2.45) is 10.4 Å². The number of para-hydroxylation sites is 1. The maximum Gasteiger partial charge on any atom is 0.191 e. The van der Waals surface area contributed by atoms with E-state index in [4.69, 9.17) is 4.74 Å². The van der Waals surface area contributed by atoms with Gasteiger partial charge in [0.05, 0.1) is 6.61 Å². The minimum Gasteiger partial charge on any atom is -0.396 e. The highest BCUT2D eigenvalue weighted by Crippen LogP contribution is 2.31. The van der Waals surface area contributed by atoms with Crippen molar-refractivity contribution in [2.45, 2.75) is 26.2 Å². The van der Waals surface area contributed by atoms with Gasteiger partial charge in [0.15, 0.2) is 5.96 Å². The Labute approximate surface area is 178 Å². The zero-order chi connectivity index (χ0) is 18.4. The molecule has 1 fully saturated rings. The molecule has 0 radical (unpaired) electrons. The third kappa shape index (κ3) is 5.36. The molecule has 1 aliphatic heterocycles. The molecule has 1 aromatic carbocycles. The highest BCUT2D eigenvalue weighted by atomic mass is 127. The summed E-state index contributed by atoms with van der Waals surface area (Å²) in [5.74, 6) is 0.798. The molecule has 1 atom stereocenters. The standard InChI is InChI=1S/C20H30N4O2.HI/c1-15-16(17-5-3-4-6-18(17)24-15)7-10-22-19(21-2)23-13-20(8-11-25)9-12-26-14-20;/h3-6,24-25H,7-14H2,1-2H3,(H2,21,22,23);1H. The molecule has 1 aromatic heterocycles. The number of hydrogen-bond acceptors (Lipinski definition) is 3. The number of hydrogen-bond donors (Lipinski definition) is 4. The van der Waals surface area contributed by atoms with E-state index in [1.165, 1.54) is 22.2 Å². The van der Waals surface area contributed by atoms with Gasteiger partial charge in [-0.2, -0.15) is 0 Å². The van der Waals surface area contributed by atoms with E-state index in [0.29, 0.717) is 6.61 Å². The number of ether oxygens (including phenoxy) is 1. The second-order valence-corrected chi connectivity index (χ2v) is 7.15. The van der Waals surface area contributed by atoms with Crippen LogP contribution in [-0.4, -0.2) is 56.0 Å². The van der Waals surface area contributed by atoms with Crippen molar-refractivity contribution in [3.05, 3.63) is 35.5 Å². The lowest BCUT2D eigenvalue weighted by Gasteiger charge is -2.27. The van der Waals surface area contributed by atoms with Crippen LogP contribution in [0.25, 0.3) is 10.9 Å². The number of rotatable bonds is 7. The summed E-state index contributed by atoms with van der Waals surface area (Å²) < 4.78 is 5.55. The Morgan fingerprint density at radius 1 is 1.33 bits per heavy atom. The van der Waals surface area contributed by atoms with Crippen LogP contribution >= 0.6 is 24.0 Å². The first-order valence-electron chi connectivity index (χ1n) is 9.37. The number of guanidine groups is 1. The Morgan fingerprint density at radius 3 is 2.85 bits per heavy atom. The number of benzene rings is 1. The summed E-state index contributed by atoms with van der Waals surface area (Å²) in [5.41, 5.74) is 3.78. The molecular weight excluding hydrogens is 455 g/mol. The lowest BCUT2D eigenvalue weighted by molar-refractivity contribution is 0.127. The minimum absolute atomic E-state index is 0. The number of nitrogens with zero attached hydrogens (tertiary/aromatic N) is 1. The van der Waals surface area contributed by atoms with E-state index >= 15 is 0 Å². The third-order valence-electron chi connectivity index (χ3n) is 5.38. The van der Waals surface area contributed by atoms with Gasteiger partial charge >= 0.3 is 0 Å². The number of aromatic nitrogens is 1. The Hall–Kier alpha value is -1.32. The first-order chi connectivity index (χ1) is 12.7. The average molecular weight is 486 g/mol. The van der Waals surface area contributed by atoms with Crippen molar-refractivity contribution in [2.75, 3.05) is 40.0 Å². The SMILES string of the molecule is CN=C(NCCc1c(C)[nH]c2ccccc12)NCC1(CCO)CCOC1.I. The third-order valence-corrected chi connectivity index (χ3v) is 5.38. The normalized spacial score (nSPS) is 19.9. The van der Waals surface area contributed by atoms with Crippen molar-refractivity contribution in [1.29, 1.82) is 0 Å². The monoisotopic (exact) mass is 486 g/mol. The van der Waals surface area contributed by atoms with Gasteiger partial charge in [-0.3, -0.25) is 4.99 Å². The lowest BCUT2D eigenvalue weighted by Crippen LogP contribution is -2.45. The smallest absolute Gasteiger partial charge is 0.191 e. The molecule has 7 heteroatoms. The number of fused-ring (bicyclic) bond motifs is 1. The Morgan fingerprint density at radius 2 is 2.15 bits per heavy atom. The van der Waals surface area contributed by atoms with Crippen LogP contribution in [0.2, 0.25) is 0 Å². The molecule has 0 saturated carbocycles. The molecule has 2 aromatic rings. The van der Waals surface area contributed by atoms with Crippen LogP contribution in [0.5, 0.6) is 0 Å². The van der Waals surface area contributed by atoms with E-state index in [1.807, 2.05) is 0 Å². The van der Waals surface area contributed by atoms with Crippen LogP contribution in [0.1, 0.15) is 24.1 Å². The maximum absolute atomic E-state index is 9.34. The number of aliphatic hydroxyl groups is 1. The predicted octanol–water partition coefficient (Wildman–Crippen LogP) is 2.59. The van der Waals surface area contributed by atoms with E-state index in [9.17, 15) is 5.11 Å². The van der Waals surface area contributed by atoms with Crippen molar-refractivity contribution in [3.63, 3.8) is 0 Å². The summed E-state index contributed by atoms with van der Waals surface area (Å²) in [6.45, 7) is 5.36. The molecule has 1 aliphatic rings. The van der Waals surface area contributed by atoms with Crippen LogP contribution in [0, 0.1) is 12.3 Å². The maximum atomic E-state index is 9.34. The molecule has 6 nitrogen and oxygen atoms in total. The molecule has 3 rings (SSSR count). The summed E-state index contributed by atoms with van der Waals surface area (Å²) in [6, 6.07) is 8.42. The molecule has 0 bridgehead atoms. The van der Waals surface area contributed by atoms with Gasteiger partial charge in [0, 0.05) is 55.4 Å². The van der Waals surface area contributed by atoms with Gasteiger partial charge in [-0.25, -0.2) is 0 Å². The molecule has 1 unspecified atom stereocenters. The predicted molar refractivity (Wildman–Crippen MR) is 121 cm³/mol. The fourth-order valence-electron chi connectivity index (χ4n) is 3.77. The summed E-state index contributed by atoms with van der Waals surface area (Å²) in [5, 5.41) is 17.4. The molecule has 27 heavy (non-hydrogen) atoms. The van der Waals surface area contributed by atoms with Crippen LogP contribution in [0.4, 0.5) is 0 Å². The Bertz CT molecular complexity index is 754. The number of nitrogens with one attached hydrogen (secondary N) is 3. The molecule has 1 saturated heterocycles. The molecule has 2 heterocycles. The fourth-order valence-corrected chi connectivity index (χ4v) is 3.77. The molecule has 4 N–H and O–H groups in total. The van der Waals surface area contributed by atoms with Crippen LogP contribution < -0.4 is 10.6 Å². The van der Waals surface area contributed by atoms with Gasteiger partial charge in [0.25, 0.3) is 0 Å². The van der Waals surface area contributed by atoms with Crippen LogP contribution in [-0.2, 0) is 11.2 Å². The zero-order valence-electron chi connectivity index (χ0n) is 16.2.